The topological polar surface area (TPSA) is 58.6 Å². The zero-order valence-electron chi connectivity index (χ0n) is 18.2. The zero-order valence-corrected chi connectivity index (χ0v) is 18.2. The maximum Gasteiger partial charge on any atom is 0.262 e. The second-order valence-electron chi connectivity index (χ2n) is 8.57. The van der Waals surface area contributed by atoms with Gasteiger partial charge in [0, 0.05) is 18.2 Å². The van der Waals surface area contributed by atoms with Crippen molar-refractivity contribution in [3.05, 3.63) is 95.3 Å². The first-order valence-corrected chi connectivity index (χ1v) is 11.2. The molecule has 1 saturated carbocycles. The lowest BCUT2D eigenvalue weighted by Crippen LogP contribution is -2.41. The third-order valence-corrected chi connectivity index (χ3v) is 6.17. The number of benzene rings is 3. The van der Waals surface area contributed by atoms with Crippen molar-refractivity contribution in [3.8, 4) is 5.75 Å². The molecule has 33 heavy (non-hydrogen) atoms. The van der Waals surface area contributed by atoms with Crippen molar-refractivity contribution in [3.63, 3.8) is 0 Å². The lowest BCUT2D eigenvalue weighted by atomic mass is 9.87. The third-order valence-electron chi connectivity index (χ3n) is 6.17. The molecule has 0 spiro atoms. The Morgan fingerprint density at radius 3 is 2.48 bits per heavy atom. The molecule has 6 heteroatoms. The van der Waals surface area contributed by atoms with Crippen molar-refractivity contribution in [1.82, 2.24) is 4.90 Å². The molecule has 2 amide bonds. The van der Waals surface area contributed by atoms with Crippen molar-refractivity contribution in [2.24, 2.45) is 5.92 Å². The van der Waals surface area contributed by atoms with Crippen LogP contribution >= 0.6 is 0 Å². The van der Waals surface area contributed by atoms with E-state index in [-0.39, 0.29) is 36.2 Å². The smallest absolute Gasteiger partial charge is 0.262 e. The van der Waals surface area contributed by atoms with E-state index >= 15 is 0 Å². The highest BCUT2D eigenvalue weighted by molar-refractivity contribution is 5.91. The van der Waals surface area contributed by atoms with E-state index in [1.54, 1.807) is 12.1 Å². The minimum Gasteiger partial charge on any atom is -0.484 e. The van der Waals surface area contributed by atoms with E-state index in [1.807, 2.05) is 53.4 Å². The predicted octanol–water partition coefficient (Wildman–Crippen LogP) is 4.73. The summed E-state index contributed by atoms with van der Waals surface area (Å²) in [5, 5.41) is 2.80. The first-order chi connectivity index (χ1) is 16.1. The molecule has 5 nitrogen and oxygen atoms in total. The summed E-state index contributed by atoms with van der Waals surface area (Å²) >= 11 is 0. The maximum absolute atomic E-state index is 13.6. The van der Waals surface area contributed by atoms with Gasteiger partial charge in [-0.15, -0.1) is 0 Å². The van der Waals surface area contributed by atoms with Gasteiger partial charge in [0.15, 0.2) is 6.61 Å². The predicted molar refractivity (Wildman–Crippen MR) is 123 cm³/mol. The number of fused-ring (bicyclic) bond motifs is 1. The van der Waals surface area contributed by atoms with Gasteiger partial charge in [0.2, 0.25) is 5.91 Å². The number of rotatable bonds is 6. The van der Waals surface area contributed by atoms with Crippen LogP contribution in [-0.4, -0.2) is 29.9 Å². The van der Waals surface area contributed by atoms with Crippen molar-refractivity contribution in [2.45, 2.75) is 25.3 Å². The standard InChI is InChI=1S/C27H25FN2O3/c28-21-11-8-19(9-12-21)26-24-16-23(33-17-25(31)29-22-4-2-1-3-5-22)13-10-18(24)14-15-30(26)27(32)20-6-7-20/h1-5,8-13,16,20,26H,6-7,14-15,17H2,(H,29,31). The summed E-state index contributed by atoms with van der Waals surface area (Å²) in [7, 11) is 0. The lowest BCUT2D eigenvalue weighted by molar-refractivity contribution is -0.134. The highest BCUT2D eigenvalue weighted by atomic mass is 19.1. The van der Waals surface area contributed by atoms with E-state index in [0.717, 1.165) is 36.0 Å². The first kappa shape index (κ1) is 21.2. The average molecular weight is 445 g/mol. The molecule has 0 radical (unpaired) electrons. The number of hydrogen-bond donors (Lipinski definition) is 1. The van der Waals surface area contributed by atoms with Gasteiger partial charge in [0.05, 0.1) is 6.04 Å². The summed E-state index contributed by atoms with van der Waals surface area (Å²) in [6, 6.07) is 21.0. The van der Waals surface area contributed by atoms with Gasteiger partial charge in [-0.2, -0.15) is 0 Å². The van der Waals surface area contributed by atoms with Crippen molar-refractivity contribution < 1.29 is 18.7 Å². The summed E-state index contributed by atoms with van der Waals surface area (Å²) in [4.78, 5) is 27.3. The normalized spacial score (nSPS) is 17.2. The van der Waals surface area contributed by atoms with E-state index < -0.39 is 0 Å². The number of amides is 2. The molecule has 2 aliphatic rings. The molecule has 0 aromatic heterocycles. The van der Waals surface area contributed by atoms with Gasteiger partial charge in [0.1, 0.15) is 11.6 Å². The van der Waals surface area contributed by atoms with Gasteiger partial charge < -0.3 is 15.0 Å². The fourth-order valence-corrected chi connectivity index (χ4v) is 4.36. The van der Waals surface area contributed by atoms with Crippen LogP contribution in [0.25, 0.3) is 0 Å². The summed E-state index contributed by atoms with van der Waals surface area (Å²) in [5.74, 6) is 0.250. The summed E-state index contributed by atoms with van der Waals surface area (Å²) < 4.78 is 19.4. The Kier molecular flexibility index (Phi) is 5.82. The Bertz CT molecular complexity index is 1160. The molecule has 3 aromatic carbocycles. The molecular formula is C27H25FN2O3. The molecule has 1 atom stereocenters. The number of anilines is 1. The molecule has 1 heterocycles. The van der Waals surface area contributed by atoms with Crippen molar-refractivity contribution in [2.75, 3.05) is 18.5 Å². The molecule has 168 valence electrons. The van der Waals surface area contributed by atoms with E-state index in [0.29, 0.717) is 18.0 Å². The van der Waals surface area contributed by atoms with Gasteiger partial charge in [-0.05, 0) is 72.4 Å². The number of hydrogen-bond acceptors (Lipinski definition) is 3. The number of carbonyl (C=O) groups is 2. The van der Waals surface area contributed by atoms with Crippen molar-refractivity contribution in [1.29, 1.82) is 0 Å². The van der Waals surface area contributed by atoms with Crippen LogP contribution in [0.3, 0.4) is 0 Å². The van der Waals surface area contributed by atoms with Crippen LogP contribution in [0, 0.1) is 11.7 Å². The molecular weight excluding hydrogens is 419 g/mol. The fraction of sp³-hybridized carbons (Fsp3) is 0.259. The second-order valence-corrected chi connectivity index (χ2v) is 8.57. The number of nitrogens with zero attached hydrogens (tertiary/aromatic N) is 1. The number of ether oxygens (including phenoxy) is 1. The van der Waals surface area contributed by atoms with E-state index in [2.05, 4.69) is 5.32 Å². The van der Waals surface area contributed by atoms with Crippen LogP contribution in [-0.2, 0) is 16.0 Å². The Morgan fingerprint density at radius 1 is 1.00 bits per heavy atom. The molecule has 1 N–H and O–H groups in total. The highest BCUT2D eigenvalue weighted by Gasteiger charge is 2.39. The van der Waals surface area contributed by atoms with Gasteiger partial charge >= 0.3 is 0 Å². The Morgan fingerprint density at radius 2 is 1.76 bits per heavy atom. The van der Waals surface area contributed by atoms with Crippen LogP contribution in [0.5, 0.6) is 5.75 Å². The average Bonchev–Trinajstić information content (AvgIpc) is 3.68. The number of nitrogens with one attached hydrogen (secondary N) is 1. The SMILES string of the molecule is O=C(COc1ccc2c(c1)C(c1ccc(F)cc1)N(C(=O)C1CC1)CC2)Nc1ccccc1. The van der Waals surface area contributed by atoms with Crippen LogP contribution in [0.4, 0.5) is 10.1 Å². The first-order valence-electron chi connectivity index (χ1n) is 11.2. The summed E-state index contributed by atoms with van der Waals surface area (Å²) in [5.41, 5.74) is 3.67. The van der Waals surface area contributed by atoms with Crippen LogP contribution in [0.2, 0.25) is 0 Å². The van der Waals surface area contributed by atoms with Crippen molar-refractivity contribution >= 4 is 17.5 Å². The quantitative estimate of drug-likeness (QED) is 0.598. The van der Waals surface area contributed by atoms with E-state index in [4.69, 9.17) is 4.74 Å². The third kappa shape index (κ3) is 4.75. The molecule has 5 rings (SSSR count). The van der Waals surface area contributed by atoms with Gasteiger partial charge in [-0.1, -0.05) is 36.4 Å². The van der Waals surface area contributed by atoms with E-state index in [1.165, 1.54) is 12.1 Å². The largest absolute Gasteiger partial charge is 0.484 e. The van der Waals surface area contributed by atoms with Gasteiger partial charge in [-0.3, -0.25) is 9.59 Å². The zero-order chi connectivity index (χ0) is 22.8. The minimum atomic E-state index is -0.309. The lowest BCUT2D eigenvalue weighted by Gasteiger charge is -2.38. The highest BCUT2D eigenvalue weighted by Crippen LogP contribution is 2.41. The Balaban J connectivity index is 1.38. The molecule has 1 unspecified atom stereocenters. The molecule has 3 aromatic rings. The minimum absolute atomic E-state index is 0.0932. The van der Waals surface area contributed by atoms with Crippen LogP contribution in [0.1, 0.15) is 35.6 Å². The van der Waals surface area contributed by atoms with Crippen LogP contribution < -0.4 is 10.1 Å². The number of para-hydroxylation sites is 1. The number of carbonyl (C=O) groups excluding carboxylic acids is 2. The molecule has 0 bridgehead atoms. The number of halogens is 1. The Hall–Kier alpha value is -3.67. The molecule has 1 aliphatic heterocycles. The second kappa shape index (κ2) is 9.06. The Labute approximate surface area is 192 Å². The summed E-state index contributed by atoms with van der Waals surface area (Å²) in [6.45, 7) is 0.504. The van der Waals surface area contributed by atoms with E-state index in [9.17, 15) is 14.0 Å². The molecule has 1 aliphatic carbocycles. The monoisotopic (exact) mass is 444 g/mol. The van der Waals surface area contributed by atoms with Gasteiger partial charge in [-0.25, -0.2) is 4.39 Å². The maximum atomic E-state index is 13.6. The fourth-order valence-electron chi connectivity index (χ4n) is 4.36. The van der Waals surface area contributed by atoms with Crippen LogP contribution in [0.15, 0.2) is 72.8 Å². The van der Waals surface area contributed by atoms with Gasteiger partial charge in [0.25, 0.3) is 5.91 Å². The molecule has 1 fully saturated rings. The summed E-state index contributed by atoms with van der Waals surface area (Å²) in [6.07, 6.45) is 2.61. The molecule has 0 saturated heterocycles.